The second-order valence-corrected chi connectivity index (χ2v) is 9.77. The van der Waals surface area contributed by atoms with E-state index < -0.39 is 0 Å². The van der Waals surface area contributed by atoms with Gasteiger partial charge >= 0.3 is 0 Å². The summed E-state index contributed by atoms with van der Waals surface area (Å²) in [6.07, 6.45) is 7.78. The maximum Gasteiger partial charge on any atom is 0.227 e. The number of anilines is 1. The molecule has 1 aromatic carbocycles. The average Bonchev–Trinajstić information content (AvgIpc) is 3.02. The van der Waals surface area contributed by atoms with Crippen LogP contribution >= 0.6 is 0 Å². The summed E-state index contributed by atoms with van der Waals surface area (Å²) < 4.78 is 5.45. The van der Waals surface area contributed by atoms with Crippen LogP contribution in [-0.4, -0.2) is 31.0 Å². The Morgan fingerprint density at radius 2 is 1.79 bits per heavy atom. The number of rotatable bonds is 4. The molecule has 150 valence electrons. The van der Waals surface area contributed by atoms with Gasteiger partial charge in [-0.3, -0.25) is 9.59 Å². The summed E-state index contributed by atoms with van der Waals surface area (Å²) >= 11 is 0. The van der Waals surface area contributed by atoms with Crippen molar-refractivity contribution in [1.29, 1.82) is 0 Å². The molecule has 1 unspecified atom stereocenters. The monoisotopic (exact) mass is 382 g/mol. The zero-order valence-electron chi connectivity index (χ0n) is 16.9. The number of benzene rings is 1. The van der Waals surface area contributed by atoms with E-state index in [2.05, 4.69) is 5.32 Å². The number of carbonyl (C=O) groups is 2. The van der Waals surface area contributed by atoms with Crippen LogP contribution in [0, 0.1) is 30.6 Å². The molecular formula is C23H30N2O3. The van der Waals surface area contributed by atoms with Gasteiger partial charge < -0.3 is 15.0 Å². The highest BCUT2D eigenvalue weighted by atomic mass is 16.5. The normalized spacial score (nSPS) is 36.1. The van der Waals surface area contributed by atoms with Gasteiger partial charge in [0.25, 0.3) is 0 Å². The molecule has 1 N–H and O–H groups in total. The van der Waals surface area contributed by atoms with Crippen molar-refractivity contribution in [2.45, 2.75) is 57.4 Å². The summed E-state index contributed by atoms with van der Waals surface area (Å²) in [6, 6.07) is 5.83. The SMILES string of the molecule is COc1ccc(C)cc1N1CC(C(=O)NC23CC4CC(CC(C4)C2)C3)CC1=O. The van der Waals surface area contributed by atoms with Gasteiger partial charge in [-0.25, -0.2) is 0 Å². The number of amides is 2. The van der Waals surface area contributed by atoms with Crippen LogP contribution in [0.1, 0.15) is 50.5 Å². The molecule has 0 spiro atoms. The summed E-state index contributed by atoms with van der Waals surface area (Å²) in [5, 5.41) is 3.45. The predicted molar refractivity (Wildman–Crippen MR) is 107 cm³/mol. The van der Waals surface area contributed by atoms with E-state index in [4.69, 9.17) is 4.74 Å². The third-order valence-corrected chi connectivity index (χ3v) is 7.55. The van der Waals surface area contributed by atoms with Crippen molar-refractivity contribution in [3.63, 3.8) is 0 Å². The molecule has 2 amide bonds. The lowest BCUT2D eigenvalue weighted by Crippen LogP contribution is -2.60. The summed E-state index contributed by atoms with van der Waals surface area (Å²) in [4.78, 5) is 27.6. The molecule has 28 heavy (non-hydrogen) atoms. The Labute approximate surface area is 166 Å². The maximum absolute atomic E-state index is 13.2. The molecule has 0 aromatic heterocycles. The molecule has 4 aliphatic carbocycles. The van der Waals surface area contributed by atoms with Gasteiger partial charge in [-0.1, -0.05) is 6.07 Å². The van der Waals surface area contributed by atoms with Crippen molar-refractivity contribution in [1.82, 2.24) is 5.32 Å². The number of nitrogens with one attached hydrogen (secondary N) is 1. The van der Waals surface area contributed by atoms with Gasteiger partial charge in [0.05, 0.1) is 18.7 Å². The highest BCUT2D eigenvalue weighted by Crippen LogP contribution is 2.55. The van der Waals surface area contributed by atoms with Gasteiger partial charge in [0, 0.05) is 18.5 Å². The van der Waals surface area contributed by atoms with Crippen molar-refractivity contribution >= 4 is 17.5 Å². The molecule has 5 fully saturated rings. The minimum atomic E-state index is -0.272. The minimum absolute atomic E-state index is 0.00330. The fourth-order valence-electron chi connectivity index (χ4n) is 6.75. The molecule has 0 radical (unpaired) electrons. The summed E-state index contributed by atoms with van der Waals surface area (Å²) in [6.45, 7) is 2.44. The van der Waals surface area contributed by atoms with Crippen LogP contribution in [0.15, 0.2) is 18.2 Å². The van der Waals surface area contributed by atoms with Crippen LogP contribution in [0.2, 0.25) is 0 Å². The van der Waals surface area contributed by atoms with Gasteiger partial charge in [0.1, 0.15) is 5.75 Å². The van der Waals surface area contributed by atoms with Crippen LogP contribution in [0.3, 0.4) is 0 Å². The first-order chi connectivity index (χ1) is 13.4. The van der Waals surface area contributed by atoms with Crippen molar-refractivity contribution < 1.29 is 14.3 Å². The molecule has 5 aliphatic rings. The number of aryl methyl sites for hydroxylation is 1. The molecule has 4 saturated carbocycles. The summed E-state index contributed by atoms with van der Waals surface area (Å²) in [5.74, 6) is 2.88. The van der Waals surface area contributed by atoms with E-state index in [0.717, 1.165) is 48.3 Å². The van der Waals surface area contributed by atoms with Crippen molar-refractivity contribution in [2.75, 3.05) is 18.6 Å². The second-order valence-electron chi connectivity index (χ2n) is 9.77. The molecule has 1 saturated heterocycles. The zero-order valence-corrected chi connectivity index (χ0v) is 16.9. The van der Waals surface area contributed by atoms with E-state index in [1.54, 1.807) is 12.0 Å². The van der Waals surface area contributed by atoms with Gasteiger partial charge in [-0.2, -0.15) is 0 Å². The van der Waals surface area contributed by atoms with Crippen LogP contribution in [0.4, 0.5) is 5.69 Å². The van der Waals surface area contributed by atoms with Crippen molar-refractivity contribution in [2.24, 2.45) is 23.7 Å². The third-order valence-electron chi connectivity index (χ3n) is 7.55. The van der Waals surface area contributed by atoms with E-state index >= 15 is 0 Å². The Kier molecular flexibility index (Phi) is 4.18. The highest BCUT2D eigenvalue weighted by Gasteiger charge is 2.52. The molecule has 6 rings (SSSR count). The lowest BCUT2D eigenvalue weighted by molar-refractivity contribution is -0.131. The van der Waals surface area contributed by atoms with Crippen LogP contribution in [0.25, 0.3) is 0 Å². The lowest BCUT2D eigenvalue weighted by Gasteiger charge is -2.57. The summed E-state index contributed by atoms with van der Waals surface area (Å²) in [5.41, 5.74) is 1.85. The fourth-order valence-corrected chi connectivity index (χ4v) is 6.75. The first-order valence-electron chi connectivity index (χ1n) is 10.7. The lowest BCUT2D eigenvalue weighted by atomic mass is 9.53. The first kappa shape index (κ1) is 18.0. The molecule has 5 heteroatoms. The molecule has 1 aromatic rings. The number of carbonyl (C=O) groups excluding carboxylic acids is 2. The van der Waals surface area contributed by atoms with Gasteiger partial charge in [-0.05, 0) is 80.9 Å². The molecule has 5 nitrogen and oxygen atoms in total. The second kappa shape index (κ2) is 6.50. The number of nitrogens with zero attached hydrogens (tertiary/aromatic N) is 1. The van der Waals surface area contributed by atoms with E-state index in [9.17, 15) is 9.59 Å². The number of ether oxygens (including phenoxy) is 1. The predicted octanol–water partition coefficient (Wildman–Crippen LogP) is 3.44. The molecule has 1 heterocycles. The van der Waals surface area contributed by atoms with E-state index in [-0.39, 0.29) is 29.7 Å². The fraction of sp³-hybridized carbons (Fsp3) is 0.652. The quantitative estimate of drug-likeness (QED) is 0.868. The Bertz CT molecular complexity index is 783. The zero-order chi connectivity index (χ0) is 19.5. The topological polar surface area (TPSA) is 58.6 Å². The molecule has 1 aliphatic heterocycles. The van der Waals surface area contributed by atoms with Gasteiger partial charge in [0.2, 0.25) is 11.8 Å². The van der Waals surface area contributed by atoms with E-state index in [1.165, 1.54) is 19.3 Å². The molecular weight excluding hydrogens is 352 g/mol. The van der Waals surface area contributed by atoms with Crippen molar-refractivity contribution in [3.05, 3.63) is 23.8 Å². The third kappa shape index (κ3) is 2.99. The maximum atomic E-state index is 13.2. The molecule has 4 bridgehead atoms. The largest absolute Gasteiger partial charge is 0.495 e. The smallest absolute Gasteiger partial charge is 0.227 e. The van der Waals surface area contributed by atoms with Crippen LogP contribution in [-0.2, 0) is 9.59 Å². The number of hydrogen-bond acceptors (Lipinski definition) is 3. The Hall–Kier alpha value is -2.04. The van der Waals surface area contributed by atoms with E-state index in [0.29, 0.717) is 12.3 Å². The highest BCUT2D eigenvalue weighted by molar-refractivity contribution is 6.01. The van der Waals surface area contributed by atoms with Gasteiger partial charge in [-0.15, -0.1) is 0 Å². The standard InChI is InChI=1S/C23H30N2O3/c1-14-3-4-20(28-2)19(5-14)25-13-18(9-21(25)26)22(27)24-23-10-15-6-16(11-23)8-17(7-15)12-23/h3-5,15-18H,6-13H2,1-2H3,(H,24,27). The van der Waals surface area contributed by atoms with Crippen LogP contribution < -0.4 is 15.0 Å². The first-order valence-corrected chi connectivity index (χ1v) is 10.7. The Balaban J connectivity index is 1.31. The van der Waals surface area contributed by atoms with Gasteiger partial charge in [0.15, 0.2) is 0 Å². The Morgan fingerprint density at radius 3 is 2.39 bits per heavy atom. The minimum Gasteiger partial charge on any atom is -0.495 e. The van der Waals surface area contributed by atoms with Crippen LogP contribution in [0.5, 0.6) is 5.75 Å². The van der Waals surface area contributed by atoms with E-state index in [1.807, 2.05) is 25.1 Å². The Morgan fingerprint density at radius 1 is 1.14 bits per heavy atom. The number of hydrogen-bond donors (Lipinski definition) is 1. The molecule has 1 atom stereocenters. The summed E-state index contributed by atoms with van der Waals surface area (Å²) in [7, 11) is 1.62. The van der Waals surface area contributed by atoms with Crippen molar-refractivity contribution in [3.8, 4) is 5.75 Å². The average molecular weight is 383 g/mol. The number of methoxy groups -OCH3 is 1.